The molecule has 0 atom stereocenters. The van der Waals surface area contributed by atoms with Crippen LogP contribution in [0.15, 0.2) is 59.5 Å². The van der Waals surface area contributed by atoms with Crippen LogP contribution in [0.3, 0.4) is 0 Å². The average molecular weight is 461 g/mol. The molecule has 0 aliphatic heterocycles. The minimum Gasteiger partial charge on any atom is -0.310 e. The standard InChI is InChI=1S/C20H17ClN4O3S2/c1-13-12-18(25(24-13)20-22-16-4-2-3-5-17(16)29-20)23-19(26)10-11-30(27,28)15-8-6-14(21)7-9-15/h2-9,12H,10-11H2,1H3,(H,23,26). The van der Waals surface area contributed by atoms with Crippen molar-refractivity contribution in [3.05, 3.63) is 65.3 Å². The molecule has 7 nitrogen and oxygen atoms in total. The van der Waals surface area contributed by atoms with Gasteiger partial charge in [-0.1, -0.05) is 35.1 Å². The Kier molecular flexibility index (Phi) is 5.59. The third-order valence-corrected chi connectivity index (χ3v) is 7.33. The highest BCUT2D eigenvalue weighted by Gasteiger charge is 2.19. The number of thiazole rings is 1. The molecule has 10 heteroatoms. The van der Waals surface area contributed by atoms with Crippen LogP contribution in [0, 0.1) is 6.92 Å². The lowest BCUT2D eigenvalue weighted by atomic mass is 10.3. The van der Waals surface area contributed by atoms with Crippen LogP contribution in [0.2, 0.25) is 5.02 Å². The molecule has 0 radical (unpaired) electrons. The van der Waals surface area contributed by atoms with E-state index in [1.54, 1.807) is 10.7 Å². The number of nitrogens with zero attached hydrogens (tertiary/aromatic N) is 3. The number of hydrogen-bond donors (Lipinski definition) is 1. The number of carbonyl (C=O) groups is 1. The second-order valence-electron chi connectivity index (χ2n) is 6.62. The zero-order valence-electron chi connectivity index (χ0n) is 15.9. The van der Waals surface area contributed by atoms with E-state index in [1.165, 1.54) is 35.6 Å². The van der Waals surface area contributed by atoms with Crippen molar-refractivity contribution < 1.29 is 13.2 Å². The maximum absolute atomic E-state index is 12.5. The fourth-order valence-corrected chi connectivity index (χ4v) is 5.17. The van der Waals surface area contributed by atoms with Gasteiger partial charge in [0.05, 0.1) is 26.6 Å². The highest BCUT2D eigenvalue weighted by atomic mass is 35.5. The van der Waals surface area contributed by atoms with Gasteiger partial charge in [0.2, 0.25) is 11.0 Å². The topological polar surface area (TPSA) is 94.0 Å². The van der Waals surface area contributed by atoms with Crippen molar-refractivity contribution >= 4 is 54.7 Å². The molecule has 2 aromatic carbocycles. The van der Waals surface area contributed by atoms with Crippen molar-refractivity contribution in [2.75, 3.05) is 11.1 Å². The Morgan fingerprint density at radius 2 is 1.90 bits per heavy atom. The first-order chi connectivity index (χ1) is 14.3. The van der Waals surface area contributed by atoms with Gasteiger partial charge in [-0.05, 0) is 43.3 Å². The van der Waals surface area contributed by atoms with Gasteiger partial charge in [-0.3, -0.25) is 4.79 Å². The van der Waals surface area contributed by atoms with Crippen LogP contribution in [0.1, 0.15) is 12.1 Å². The monoisotopic (exact) mass is 460 g/mol. The molecule has 0 spiro atoms. The Hall–Kier alpha value is -2.75. The van der Waals surface area contributed by atoms with Crippen molar-refractivity contribution in [3.8, 4) is 5.13 Å². The Morgan fingerprint density at radius 3 is 2.63 bits per heavy atom. The van der Waals surface area contributed by atoms with E-state index >= 15 is 0 Å². The van der Waals surface area contributed by atoms with E-state index in [2.05, 4.69) is 15.4 Å². The minimum atomic E-state index is -3.59. The molecule has 1 amide bonds. The molecule has 4 rings (SSSR count). The molecule has 0 bridgehead atoms. The Labute approximate surface area is 182 Å². The molecule has 0 unspecified atom stereocenters. The molecule has 0 saturated heterocycles. The third kappa shape index (κ3) is 4.38. The van der Waals surface area contributed by atoms with Crippen LogP contribution in [-0.4, -0.2) is 34.8 Å². The summed E-state index contributed by atoms with van der Waals surface area (Å²) in [6.07, 6.45) is -0.185. The smallest absolute Gasteiger partial charge is 0.226 e. The molecule has 154 valence electrons. The molecular formula is C20H17ClN4O3S2. The van der Waals surface area contributed by atoms with Crippen LogP contribution in [0.5, 0.6) is 0 Å². The molecule has 1 N–H and O–H groups in total. The predicted octanol–water partition coefficient (Wildman–Crippen LogP) is 4.25. The van der Waals surface area contributed by atoms with Gasteiger partial charge in [0, 0.05) is 17.5 Å². The lowest BCUT2D eigenvalue weighted by molar-refractivity contribution is -0.115. The molecule has 0 aliphatic rings. The van der Waals surface area contributed by atoms with E-state index in [1.807, 2.05) is 31.2 Å². The number of fused-ring (bicyclic) bond motifs is 1. The summed E-state index contributed by atoms with van der Waals surface area (Å²) in [5.41, 5.74) is 1.55. The number of hydrogen-bond acceptors (Lipinski definition) is 6. The summed E-state index contributed by atoms with van der Waals surface area (Å²) in [6, 6.07) is 15.3. The number of benzene rings is 2. The summed E-state index contributed by atoms with van der Waals surface area (Å²) in [6.45, 7) is 1.81. The van der Waals surface area contributed by atoms with Gasteiger partial charge >= 0.3 is 0 Å². The highest BCUT2D eigenvalue weighted by Crippen LogP contribution is 2.27. The Bertz CT molecular complexity index is 1290. The molecular weight excluding hydrogens is 444 g/mol. The fourth-order valence-electron chi connectivity index (χ4n) is 2.88. The molecule has 0 fully saturated rings. The highest BCUT2D eigenvalue weighted by molar-refractivity contribution is 7.91. The van der Waals surface area contributed by atoms with Crippen LogP contribution in [0.4, 0.5) is 5.82 Å². The first kappa shape index (κ1) is 20.5. The lowest BCUT2D eigenvalue weighted by Gasteiger charge is -2.07. The second-order valence-corrected chi connectivity index (χ2v) is 10.2. The van der Waals surface area contributed by atoms with E-state index < -0.39 is 15.7 Å². The SMILES string of the molecule is Cc1cc(NC(=O)CCS(=O)(=O)c2ccc(Cl)cc2)n(-c2nc3ccccc3s2)n1. The molecule has 30 heavy (non-hydrogen) atoms. The number of para-hydroxylation sites is 1. The maximum atomic E-state index is 12.5. The fraction of sp³-hybridized carbons (Fsp3) is 0.150. The van der Waals surface area contributed by atoms with Crippen LogP contribution in [-0.2, 0) is 14.6 Å². The number of aryl methyl sites for hydroxylation is 1. The van der Waals surface area contributed by atoms with E-state index in [0.717, 1.165) is 10.2 Å². The van der Waals surface area contributed by atoms with E-state index in [4.69, 9.17) is 11.6 Å². The number of sulfone groups is 1. The van der Waals surface area contributed by atoms with Crippen LogP contribution >= 0.6 is 22.9 Å². The molecule has 0 saturated carbocycles. The summed E-state index contributed by atoms with van der Waals surface area (Å²) in [7, 11) is -3.59. The van der Waals surface area contributed by atoms with Crippen molar-refractivity contribution in [3.63, 3.8) is 0 Å². The number of rotatable bonds is 6. The van der Waals surface area contributed by atoms with E-state index in [0.29, 0.717) is 21.7 Å². The number of halogens is 1. The number of anilines is 1. The molecule has 0 aliphatic carbocycles. The second kappa shape index (κ2) is 8.17. The van der Waals surface area contributed by atoms with Gasteiger partial charge in [-0.15, -0.1) is 0 Å². The van der Waals surface area contributed by atoms with E-state index in [-0.39, 0.29) is 17.1 Å². The van der Waals surface area contributed by atoms with Crippen molar-refractivity contribution in [1.29, 1.82) is 0 Å². The van der Waals surface area contributed by atoms with Crippen molar-refractivity contribution in [2.45, 2.75) is 18.2 Å². The summed E-state index contributed by atoms with van der Waals surface area (Å²) in [5.74, 6) is -0.287. The number of carbonyl (C=O) groups excluding carboxylic acids is 1. The normalized spacial score (nSPS) is 11.7. The predicted molar refractivity (Wildman–Crippen MR) is 118 cm³/mol. The average Bonchev–Trinajstić information content (AvgIpc) is 3.29. The first-order valence-electron chi connectivity index (χ1n) is 9.03. The Morgan fingerprint density at radius 1 is 1.17 bits per heavy atom. The number of aromatic nitrogens is 3. The van der Waals surface area contributed by atoms with Gasteiger partial charge in [0.1, 0.15) is 5.82 Å². The molecule has 4 aromatic rings. The third-order valence-electron chi connectivity index (χ3n) is 4.33. The van der Waals surface area contributed by atoms with E-state index in [9.17, 15) is 13.2 Å². The first-order valence-corrected chi connectivity index (χ1v) is 11.9. The molecule has 2 aromatic heterocycles. The van der Waals surface area contributed by atoms with Gasteiger partial charge in [0.15, 0.2) is 9.84 Å². The summed E-state index contributed by atoms with van der Waals surface area (Å²) in [5, 5.41) is 8.23. The molecule has 2 heterocycles. The number of nitrogens with one attached hydrogen (secondary N) is 1. The van der Waals surface area contributed by atoms with Gasteiger partial charge in [-0.25, -0.2) is 13.4 Å². The largest absolute Gasteiger partial charge is 0.310 e. The van der Waals surface area contributed by atoms with Gasteiger partial charge < -0.3 is 5.32 Å². The van der Waals surface area contributed by atoms with Gasteiger partial charge in [-0.2, -0.15) is 9.78 Å². The summed E-state index contributed by atoms with van der Waals surface area (Å²) >= 11 is 7.25. The zero-order chi connectivity index (χ0) is 21.3. The lowest BCUT2D eigenvalue weighted by Crippen LogP contribution is -2.19. The quantitative estimate of drug-likeness (QED) is 0.464. The Balaban J connectivity index is 1.49. The van der Waals surface area contributed by atoms with Crippen molar-refractivity contribution in [2.24, 2.45) is 0 Å². The number of amides is 1. The zero-order valence-corrected chi connectivity index (χ0v) is 18.3. The summed E-state index contributed by atoms with van der Waals surface area (Å²) < 4.78 is 27.5. The maximum Gasteiger partial charge on any atom is 0.226 e. The summed E-state index contributed by atoms with van der Waals surface area (Å²) in [4.78, 5) is 17.1. The minimum absolute atomic E-state index is 0.134. The van der Waals surface area contributed by atoms with Crippen molar-refractivity contribution in [1.82, 2.24) is 14.8 Å². The van der Waals surface area contributed by atoms with Crippen LogP contribution < -0.4 is 5.32 Å². The van der Waals surface area contributed by atoms with Crippen LogP contribution in [0.25, 0.3) is 15.3 Å². The van der Waals surface area contributed by atoms with Gasteiger partial charge in [0.25, 0.3) is 0 Å².